The van der Waals surface area contributed by atoms with Crippen LogP contribution in [0.3, 0.4) is 0 Å². The van der Waals surface area contributed by atoms with Crippen molar-refractivity contribution in [3.63, 3.8) is 0 Å². The van der Waals surface area contributed by atoms with Crippen LogP contribution in [0.25, 0.3) is 0 Å². The molecule has 0 spiro atoms. The number of carbonyl (C=O) groups excluding carboxylic acids is 1. The summed E-state index contributed by atoms with van der Waals surface area (Å²) in [6, 6.07) is 3.84. The third kappa shape index (κ3) is 2.81. The fourth-order valence-corrected chi connectivity index (χ4v) is 2.44. The second-order valence-corrected chi connectivity index (χ2v) is 4.99. The van der Waals surface area contributed by atoms with Crippen LogP contribution in [0.5, 0.6) is 0 Å². The van der Waals surface area contributed by atoms with Crippen LogP contribution in [-0.4, -0.2) is 34.5 Å². The van der Waals surface area contributed by atoms with Gasteiger partial charge in [0.25, 0.3) is 5.91 Å². The fraction of sp³-hybridized carbons (Fsp3) is 0.385. The average Bonchev–Trinajstić information content (AvgIpc) is 2.41. The summed E-state index contributed by atoms with van der Waals surface area (Å²) in [7, 11) is 0. The third-order valence-corrected chi connectivity index (χ3v) is 3.62. The van der Waals surface area contributed by atoms with E-state index in [9.17, 15) is 9.59 Å². The van der Waals surface area contributed by atoms with E-state index in [1.165, 1.54) is 11.0 Å². The fourth-order valence-electron chi connectivity index (χ4n) is 2.26. The van der Waals surface area contributed by atoms with E-state index in [0.717, 1.165) is 12.8 Å². The molecule has 1 saturated heterocycles. The number of nitrogen functional groups attached to an aromatic ring is 1. The van der Waals surface area contributed by atoms with Crippen LogP contribution in [-0.2, 0) is 4.79 Å². The van der Waals surface area contributed by atoms with E-state index >= 15 is 0 Å². The Morgan fingerprint density at radius 1 is 1.37 bits per heavy atom. The first-order valence-corrected chi connectivity index (χ1v) is 6.47. The van der Waals surface area contributed by atoms with Gasteiger partial charge in [0, 0.05) is 12.1 Å². The smallest absolute Gasteiger partial charge is 0.326 e. The summed E-state index contributed by atoms with van der Waals surface area (Å²) in [5, 5.41) is 9.46. The van der Waals surface area contributed by atoms with Crippen LogP contribution < -0.4 is 5.73 Å². The first kappa shape index (κ1) is 13.7. The van der Waals surface area contributed by atoms with Crippen molar-refractivity contribution >= 4 is 29.2 Å². The van der Waals surface area contributed by atoms with E-state index in [1.54, 1.807) is 12.1 Å². The topological polar surface area (TPSA) is 83.6 Å². The van der Waals surface area contributed by atoms with Crippen LogP contribution >= 0.6 is 11.6 Å². The number of hydrogen-bond donors (Lipinski definition) is 2. The van der Waals surface area contributed by atoms with Crippen molar-refractivity contribution in [1.29, 1.82) is 0 Å². The average molecular weight is 283 g/mol. The van der Waals surface area contributed by atoms with Crippen LogP contribution in [0.15, 0.2) is 18.2 Å². The molecule has 0 unspecified atom stereocenters. The summed E-state index contributed by atoms with van der Waals surface area (Å²) in [5.74, 6) is -1.27. The van der Waals surface area contributed by atoms with E-state index in [2.05, 4.69) is 0 Å². The first-order chi connectivity index (χ1) is 9.00. The summed E-state index contributed by atoms with van der Waals surface area (Å²) in [4.78, 5) is 24.9. The lowest BCUT2D eigenvalue weighted by molar-refractivity contribution is -0.143. The van der Waals surface area contributed by atoms with Gasteiger partial charge in [-0.3, -0.25) is 4.79 Å². The summed E-state index contributed by atoms with van der Waals surface area (Å²) in [5.41, 5.74) is 6.35. The zero-order valence-electron chi connectivity index (χ0n) is 10.3. The minimum Gasteiger partial charge on any atom is -0.480 e. The Hall–Kier alpha value is -1.75. The highest BCUT2D eigenvalue weighted by Crippen LogP contribution is 2.24. The molecule has 19 heavy (non-hydrogen) atoms. The number of piperidine rings is 1. The van der Waals surface area contributed by atoms with Crippen molar-refractivity contribution in [1.82, 2.24) is 4.90 Å². The van der Waals surface area contributed by atoms with Crippen molar-refractivity contribution in [3.05, 3.63) is 28.8 Å². The van der Waals surface area contributed by atoms with Gasteiger partial charge in [0.15, 0.2) is 0 Å². The number of likely N-dealkylation sites (tertiary alicyclic amines) is 1. The van der Waals surface area contributed by atoms with E-state index in [4.69, 9.17) is 22.4 Å². The van der Waals surface area contributed by atoms with Gasteiger partial charge >= 0.3 is 5.97 Å². The number of amides is 1. The van der Waals surface area contributed by atoms with Gasteiger partial charge in [0.05, 0.1) is 10.7 Å². The second kappa shape index (κ2) is 5.48. The second-order valence-electron chi connectivity index (χ2n) is 4.58. The lowest BCUT2D eigenvalue weighted by Crippen LogP contribution is -2.47. The van der Waals surface area contributed by atoms with Gasteiger partial charge in [-0.05, 0) is 37.5 Å². The normalized spacial score (nSPS) is 19.2. The first-order valence-electron chi connectivity index (χ1n) is 6.09. The lowest BCUT2D eigenvalue weighted by atomic mass is 10.0. The van der Waals surface area contributed by atoms with Crippen molar-refractivity contribution in [2.45, 2.75) is 25.3 Å². The molecule has 6 heteroatoms. The number of nitrogens with two attached hydrogens (primary N) is 1. The molecule has 1 aromatic carbocycles. The molecule has 5 nitrogen and oxygen atoms in total. The maximum atomic E-state index is 12.3. The molecule has 1 amide bonds. The number of carboxylic acid groups (broad SMARTS) is 1. The van der Waals surface area contributed by atoms with E-state index in [1.807, 2.05) is 0 Å². The van der Waals surface area contributed by atoms with Gasteiger partial charge in [-0.15, -0.1) is 0 Å². The predicted molar refractivity (Wildman–Crippen MR) is 72.2 cm³/mol. The molecule has 1 aromatic rings. The Balaban J connectivity index is 2.26. The molecule has 3 N–H and O–H groups in total. The number of aliphatic carboxylic acids is 1. The number of carboxylic acids is 1. The number of anilines is 1. The largest absolute Gasteiger partial charge is 0.480 e. The quantitative estimate of drug-likeness (QED) is 0.813. The molecule has 102 valence electrons. The van der Waals surface area contributed by atoms with Crippen molar-refractivity contribution in [3.8, 4) is 0 Å². The maximum Gasteiger partial charge on any atom is 0.326 e. The molecule has 0 bridgehead atoms. The summed E-state index contributed by atoms with van der Waals surface area (Å²) in [6.45, 7) is 0.456. The molecule has 1 aliphatic rings. The lowest BCUT2D eigenvalue weighted by Gasteiger charge is -2.33. The van der Waals surface area contributed by atoms with Crippen LogP contribution in [0.1, 0.15) is 29.6 Å². The highest BCUT2D eigenvalue weighted by atomic mass is 35.5. The molecule has 1 heterocycles. The molecular weight excluding hydrogens is 268 g/mol. The molecular formula is C13H15ClN2O3. The molecule has 0 saturated carbocycles. The number of carbonyl (C=O) groups is 2. The molecule has 2 rings (SSSR count). The van der Waals surface area contributed by atoms with Crippen LogP contribution in [0, 0.1) is 0 Å². The van der Waals surface area contributed by atoms with Gasteiger partial charge in [0.1, 0.15) is 6.04 Å². The summed E-state index contributed by atoms with van der Waals surface area (Å²) >= 11 is 5.88. The Morgan fingerprint density at radius 2 is 2.11 bits per heavy atom. The minimum absolute atomic E-state index is 0.301. The van der Waals surface area contributed by atoms with Crippen LogP contribution in [0.4, 0.5) is 5.69 Å². The Labute approximate surface area is 116 Å². The SMILES string of the molecule is Nc1ccc(C(=O)N2CCCC[C@H]2C(=O)O)cc1Cl. The number of nitrogens with zero attached hydrogens (tertiary/aromatic N) is 1. The number of hydrogen-bond acceptors (Lipinski definition) is 3. The molecule has 0 aliphatic carbocycles. The molecule has 1 atom stereocenters. The highest BCUT2D eigenvalue weighted by molar-refractivity contribution is 6.33. The van der Waals surface area contributed by atoms with Crippen LogP contribution in [0.2, 0.25) is 5.02 Å². The molecule has 0 radical (unpaired) electrons. The van der Waals surface area contributed by atoms with Gasteiger partial charge in [-0.2, -0.15) is 0 Å². The van der Waals surface area contributed by atoms with Gasteiger partial charge < -0.3 is 15.7 Å². The Kier molecular flexibility index (Phi) is 3.95. The zero-order valence-corrected chi connectivity index (χ0v) is 11.1. The predicted octanol–water partition coefficient (Wildman–Crippen LogP) is 2.00. The number of rotatable bonds is 2. The van der Waals surface area contributed by atoms with Crippen molar-refractivity contribution < 1.29 is 14.7 Å². The number of halogens is 1. The molecule has 1 aliphatic heterocycles. The maximum absolute atomic E-state index is 12.3. The van der Waals surface area contributed by atoms with Crippen molar-refractivity contribution in [2.24, 2.45) is 0 Å². The van der Waals surface area contributed by atoms with Gasteiger partial charge in [0.2, 0.25) is 0 Å². The van der Waals surface area contributed by atoms with Crippen molar-refractivity contribution in [2.75, 3.05) is 12.3 Å². The Bertz CT molecular complexity index is 519. The summed E-state index contributed by atoms with van der Waals surface area (Å²) in [6.07, 6.45) is 2.13. The standard InChI is InChI=1S/C13H15ClN2O3/c14-9-7-8(4-5-10(9)15)12(17)16-6-2-1-3-11(16)13(18)19/h4-5,7,11H,1-3,6,15H2,(H,18,19)/t11-/m0/s1. The third-order valence-electron chi connectivity index (χ3n) is 3.30. The number of benzene rings is 1. The summed E-state index contributed by atoms with van der Waals surface area (Å²) < 4.78 is 0. The Morgan fingerprint density at radius 3 is 2.74 bits per heavy atom. The van der Waals surface area contributed by atoms with E-state index in [-0.39, 0.29) is 5.91 Å². The minimum atomic E-state index is -0.963. The van der Waals surface area contributed by atoms with Gasteiger partial charge in [-0.1, -0.05) is 11.6 Å². The van der Waals surface area contributed by atoms with E-state index < -0.39 is 12.0 Å². The zero-order chi connectivity index (χ0) is 14.0. The van der Waals surface area contributed by atoms with E-state index in [0.29, 0.717) is 29.2 Å². The molecule has 1 fully saturated rings. The monoisotopic (exact) mass is 282 g/mol. The highest BCUT2D eigenvalue weighted by Gasteiger charge is 2.32. The molecule has 0 aromatic heterocycles. The van der Waals surface area contributed by atoms with Gasteiger partial charge in [-0.25, -0.2) is 4.79 Å².